The average molecular weight is 649 g/mol. The van der Waals surface area contributed by atoms with E-state index in [-0.39, 0.29) is 0 Å². The molecule has 2 N–H and O–H groups in total. The third-order valence-electron chi connectivity index (χ3n) is 8.22. The lowest BCUT2D eigenvalue weighted by atomic mass is 9.58. The maximum absolute atomic E-state index is 9.88. The number of ether oxygens (including phenoxy) is 3. The molecule has 8 nitrogen and oxygen atoms in total. The van der Waals surface area contributed by atoms with Gasteiger partial charge in [-0.15, -0.1) is 0 Å². The van der Waals surface area contributed by atoms with Gasteiger partial charge in [-0.2, -0.15) is 5.26 Å². The molecule has 10 heteroatoms. The highest BCUT2D eigenvalue weighted by Crippen LogP contribution is 2.52. The molecule has 42 heavy (non-hydrogen) atoms. The number of nitrogens with one attached hydrogen (secondary N) is 2. The molecule has 1 aliphatic carbocycles. The van der Waals surface area contributed by atoms with Crippen molar-refractivity contribution in [2.24, 2.45) is 11.3 Å². The number of nitrogens with zero attached hydrogens (tertiary/aromatic N) is 3. The van der Waals surface area contributed by atoms with Crippen LogP contribution in [0.4, 0.5) is 11.4 Å². The van der Waals surface area contributed by atoms with Crippen molar-refractivity contribution in [2.45, 2.75) is 32.3 Å². The summed E-state index contributed by atoms with van der Waals surface area (Å²) in [6.45, 7) is 3.19. The molecule has 0 bridgehead atoms. The summed E-state index contributed by atoms with van der Waals surface area (Å²) in [6.07, 6.45) is 6.51. The monoisotopic (exact) mass is 647 g/mol. The Morgan fingerprint density at radius 2 is 1.95 bits per heavy atom. The second kappa shape index (κ2) is 12.3. The Kier molecular flexibility index (Phi) is 8.38. The summed E-state index contributed by atoms with van der Waals surface area (Å²) < 4.78 is 18.6. The van der Waals surface area contributed by atoms with Crippen LogP contribution in [-0.4, -0.2) is 36.8 Å². The number of rotatable bonds is 9. The number of halogens is 2. The summed E-state index contributed by atoms with van der Waals surface area (Å²) in [5.41, 5.74) is 3.59. The van der Waals surface area contributed by atoms with Gasteiger partial charge in [-0.3, -0.25) is 4.98 Å². The summed E-state index contributed by atoms with van der Waals surface area (Å²) in [6, 6.07) is 17.0. The van der Waals surface area contributed by atoms with Crippen molar-refractivity contribution in [3.8, 4) is 23.3 Å². The minimum atomic E-state index is 0.305. The van der Waals surface area contributed by atoms with E-state index in [1.54, 1.807) is 19.4 Å². The largest absolute Gasteiger partial charge is 0.493 e. The molecule has 0 atom stereocenters. The van der Waals surface area contributed by atoms with Crippen molar-refractivity contribution in [1.82, 2.24) is 15.3 Å². The van der Waals surface area contributed by atoms with Crippen molar-refractivity contribution in [3.63, 3.8) is 0 Å². The Morgan fingerprint density at radius 3 is 2.69 bits per heavy atom. The Bertz CT molecular complexity index is 1650. The number of nitriles is 1. The third kappa shape index (κ3) is 6.12. The van der Waals surface area contributed by atoms with Gasteiger partial charge in [-0.1, -0.05) is 17.7 Å². The molecular formula is C32H31BrClN5O3. The minimum Gasteiger partial charge on any atom is -0.493 e. The standard InChI is InChI=1S/C32H31BrClN5O3/c1-40-28-12-24-27(13-29(28)42-18-20-14-32(15-20)7-9-36-10-8-32)37-17-21(16-35)31(24)39-26-6-5-23(11-25(26)34)41-19-22-3-2-4-30(33)38-22/h2-6,11-13,17,20,36H,7-10,14-15,18-19H2,1H3,(H,37,39). The summed E-state index contributed by atoms with van der Waals surface area (Å²) in [5, 5.41) is 17.9. The molecule has 2 fully saturated rings. The van der Waals surface area contributed by atoms with Crippen molar-refractivity contribution >= 4 is 49.8 Å². The van der Waals surface area contributed by atoms with Crippen molar-refractivity contribution in [1.29, 1.82) is 5.26 Å². The molecule has 0 radical (unpaired) electrons. The highest BCUT2D eigenvalue weighted by molar-refractivity contribution is 9.10. The zero-order valence-corrected chi connectivity index (χ0v) is 25.6. The molecule has 216 valence electrons. The van der Waals surface area contributed by atoms with Crippen LogP contribution in [0.15, 0.2) is 59.3 Å². The fraction of sp³-hybridized carbons (Fsp3) is 0.344. The summed E-state index contributed by atoms with van der Waals surface area (Å²) in [4.78, 5) is 8.93. The molecule has 3 heterocycles. The van der Waals surface area contributed by atoms with Gasteiger partial charge in [0.1, 0.15) is 23.0 Å². The number of anilines is 2. The van der Waals surface area contributed by atoms with Crippen molar-refractivity contribution in [3.05, 3.63) is 75.6 Å². The van der Waals surface area contributed by atoms with Crippen LogP contribution in [0.2, 0.25) is 5.02 Å². The minimum absolute atomic E-state index is 0.305. The quantitative estimate of drug-likeness (QED) is 0.181. The first-order valence-corrected chi connectivity index (χ1v) is 15.2. The summed E-state index contributed by atoms with van der Waals surface area (Å²) >= 11 is 10.0. The van der Waals surface area contributed by atoms with Crippen LogP contribution in [0.3, 0.4) is 0 Å². The molecule has 1 aliphatic heterocycles. The number of methoxy groups -OCH3 is 1. The van der Waals surface area contributed by atoms with Gasteiger partial charge >= 0.3 is 0 Å². The predicted molar refractivity (Wildman–Crippen MR) is 167 cm³/mol. The number of hydrogen-bond acceptors (Lipinski definition) is 8. The molecular weight excluding hydrogens is 618 g/mol. The van der Waals surface area contributed by atoms with E-state index in [2.05, 4.69) is 42.6 Å². The van der Waals surface area contributed by atoms with E-state index in [4.69, 9.17) is 25.8 Å². The molecule has 2 aliphatic rings. The SMILES string of the molecule is COc1cc2c(Nc3ccc(OCc4cccc(Br)n4)cc3Cl)c(C#N)cnc2cc1OCC1CC2(CCNCC2)C1. The first kappa shape index (κ1) is 28.5. The van der Waals surface area contributed by atoms with E-state index in [9.17, 15) is 5.26 Å². The number of fused-ring (bicyclic) bond motifs is 1. The first-order valence-electron chi connectivity index (χ1n) is 14.0. The van der Waals surface area contributed by atoms with Gasteiger partial charge in [-0.05, 0) is 96.4 Å². The summed E-state index contributed by atoms with van der Waals surface area (Å²) in [5.74, 6) is 2.40. The highest BCUT2D eigenvalue weighted by atomic mass is 79.9. The lowest BCUT2D eigenvalue weighted by Crippen LogP contribution is -2.46. The van der Waals surface area contributed by atoms with E-state index in [1.165, 1.54) is 25.7 Å². The summed E-state index contributed by atoms with van der Waals surface area (Å²) in [7, 11) is 1.62. The predicted octanol–water partition coefficient (Wildman–Crippen LogP) is 7.41. The number of pyridine rings is 2. The molecule has 2 aromatic carbocycles. The van der Waals surface area contributed by atoms with E-state index in [0.717, 1.165) is 28.8 Å². The Hall–Kier alpha value is -3.58. The van der Waals surface area contributed by atoms with Gasteiger partial charge < -0.3 is 24.8 Å². The lowest BCUT2D eigenvalue weighted by Gasteiger charge is -2.50. The molecule has 2 aromatic heterocycles. The molecule has 6 rings (SSSR count). The van der Waals surface area contributed by atoms with Crippen molar-refractivity contribution < 1.29 is 14.2 Å². The average Bonchev–Trinajstić information content (AvgIpc) is 2.99. The normalized spacial score (nSPS) is 16.0. The molecule has 0 amide bonds. The van der Waals surface area contributed by atoms with Crippen LogP contribution in [0.25, 0.3) is 10.9 Å². The maximum Gasteiger partial charge on any atom is 0.163 e. The maximum atomic E-state index is 9.88. The van der Waals surface area contributed by atoms with E-state index >= 15 is 0 Å². The van der Waals surface area contributed by atoms with Gasteiger partial charge in [-0.25, -0.2) is 4.98 Å². The van der Waals surface area contributed by atoms with Crippen LogP contribution in [0, 0.1) is 22.7 Å². The Morgan fingerprint density at radius 1 is 1.12 bits per heavy atom. The van der Waals surface area contributed by atoms with Crippen LogP contribution < -0.4 is 24.8 Å². The Balaban J connectivity index is 1.19. The highest BCUT2D eigenvalue weighted by Gasteiger charge is 2.44. The number of hydrogen-bond donors (Lipinski definition) is 2. The van der Waals surface area contributed by atoms with Gasteiger partial charge in [0.05, 0.1) is 46.9 Å². The van der Waals surface area contributed by atoms with Gasteiger partial charge in [0.2, 0.25) is 0 Å². The number of benzene rings is 2. The smallest absolute Gasteiger partial charge is 0.163 e. The fourth-order valence-electron chi connectivity index (χ4n) is 6.06. The number of aromatic nitrogens is 2. The van der Waals surface area contributed by atoms with Crippen LogP contribution >= 0.6 is 27.5 Å². The fourth-order valence-corrected chi connectivity index (χ4v) is 6.66. The van der Waals surface area contributed by atoms with Gasteiger partial charge in [0.25, 0.3) is 0 Å². The zero-order chi connectivity index (χ0) is 29.1. The van der Waals surface area contributed by atoms with E-state index < -0.39 is 0 Å². The van der Waals surface area contributed by atoms with Crippen LogP contribution in [-0.2, 0) is 6.61 Å². The van der Waals surface area contributed by atoms with Crippen molar-refractivity contribution in [2.75, 3.05) is 32.1 Å². The molecule has 4 aromatic rings. The van der Waals surface area contributed by atoms with Gasteiger partial charge in [0, 0.05) is 23.7 Å². The van der Waals surface area contributed by atoms with Crippen LogP contribution in [0.1, 0.15) is 36.9 Å². The molecule has 1 spiro atoms. The molecule has 1 saturated heterocycles. The second-order valence-electron chi connectivity index (χ2n) is 11.0. The Labute approximate surface area is 258 Å². The second-order valence-corrected chi connectivity index (χ2v) is 12.2. The van der Waals surface area contributed by atoms with Crippen LogP contribution in [0.5, 0.6) is 17.2 Å². The van der Waals surface area contributed by atoms with Gasteiger partial charge in [0.15, 0.2) is 11.5 Å². The lowest BCUT2D eigenvalue weighted by molar-refractivity contribution is -0.00241. The molecule has 1 saturated carbocycles. The number of piperidine rings is 1. The topological polar surface area (TPSA) is 101 Å². The first-order chi connectivity index (χ1) is 20.4. The van der Waals surface area contributed by atoms with E-state index in [1.807, 2.05) is 42.5 Å². The third-order valence-corrected chi connectivity index (χ3v) is 8.97. The molecule has 0 unspecified atom stereocenters. The van der Waals surface area contributed by atoms with E-state index in [0.29, 0.717) is 69.3 Å². The zero-order valence-electron chi connectivity index (χ0n) is 23.3.